The van der Waals surface area contributed by atoms with Gasteiger partial charge in [0.15, 0.2) is 5.60 Å². The Bertz CT molecular complexity index is 989. The number of esters is 1. The zero-order chi connectivity index (χ0) is 21.7. The van der Waals surface area contributed by atoms with E-state index in [1.165, 1.54) is 0 Å². The van der Waals surface area contributed by atoms with Gasteiger partial charge in [-0.3, -0.25) is 4.79 Å². The zero-order valence-corrected chi connectivity index (χ0v) is 17.9. The van der Waals surface area contributed by atoms with Crippen LogP contribution in [-0.2, 0) is 19.1 Å². The highest BCUT2D eigenvalue weighted by molar-refractivity contribution is 6.26. The Morgan fingerprint density at radius 2 is 1.90 bits per heavy atom. The van der Waals surface area contributed by atoms with Gasteiger partial charge in [-0.25, -0.2) is 4.79 Å². The normalized spacial score (nSPS) is 43.2. The maximum absolute atomic E-state index is 13.8. The fourth-order valence-electron chi connectivity index (χ4n) is 4.88. The third kappa shape index (κ3) is 3.21. The van der Waals surface area contributed by atoms with Crippen molar-refractivity contribution in [3.63, 3.8) is 0 Å². The summed E-state index contributed by atoms with van der Waals surface area (Å²) < 4.78 is 11.7. The molecule has 0 aromatic carbocycles. The molecule has 5 rings (SSSR count). The van der Waals surface area contributed by atoms with Gasteiger partial charge in [0.2, 0.25) is 5.78 Å². The standard InChI is InChI=1S/C25H28O5/c1-15-6-5-7-19(26)10-18-8-9-20(29-14-18)21-22(27)25(30-23(21)28)13-17(3)16(2)12-24(25,4)11-15/h5-6,8-12,17,19,26H,7,13-14H2,1-4H3/b6-5-,15-11+,18-10-,21-20+/t17-,19+,24+,25+/m0/s1. The van der Waals surface area contributed by atoms with E-state index < -0.39 is 23.1 Å². The van der Waals surface area contributed by atoms with Gasteiger partial charge < -0.3 is 14.6 Å². The van der Waals surface area contributed by atoms with E-state index in [1.807, 2.05) is 39.0 Å². The van der Waals surface area contributed by atoms with Crippen LogP contribution in [0.5, 0.6) is 0 Å². The first-order valence-corrected chi connectivity index (χ1v) is 10.4. The summed E-state index contributed by atoms with van der Waals surface area (Å²) in [6.07, 6.45) is 13.3. The third-order valence-corrected chi connectivity index (χ3v) is 6.62. The summed E-state index contributed by atoms with van der Waals surface area (Å²) in [6.45, 7) is 8.19. The highest BCUT2D eigenvalue weighted by Gasteiger charge is 2.64. The first-order valence-electron chi connectivity index (χ1n) is 10.4. The van der Waals surface area contributed by atoms with Crippen LogP contribution in [0.2, 0.25) is 0 Å². The summed E-state index contributed by atoms with van der Waals surface area (Å²) >= 11 is 0. The third-order valence-electron chi connectivity index (χ3n) is 6.62. The van der Waals surface area contributed by atoms with E-state index in [-0.39, 0.29) is 29.6 Å². The molecule has 158 valence electrons. The molecule has 5 nitrogen and oxygen atoms in total. The predicted molar refractivity (Wildman–Crippen MR) is 113 cm³/mol. The summed E-state index contributed by atoms with van der Waals surface area (Å²) in [5, 5.41) is 10.3. The van der Waals surface area contributed by atoms with Gasteiger partial charge in [-0.05, 0) is 50.8 Å². The molecule has 30 heavy (non-hydrogen) atoms. The van der Waals surface area contributed by atoms with Crippen LogP contribution in [-0.4, -0.2) is 35.2 Å². The minimum atomic E-state index is -1.30. The fourth-order valence-corrected chi connectivity index (χ4v) is 4.88. The molecule has 2 aliphatic carbocycles. The van der Waals surface area contributed by atoms with Crippen molar-refractivity contribution in [2.75, 3.05) is 6.61 Å². The van der Waals surface area contributed by atoms with Crippen LogP contribution in [0.25, 0.3) is 0 Å². The average molecular weight is 408 g/mol. The van der Waals surface area contributed by atoms with Gasteiger partial charge in [0.1, 0.15) is 17.9 Å². The topological polar surface area (TPSA) is 72.8 Å². The fraction of sp³-hybridized carbons (Fsp3) is 0.440. The Labute approximate surface area is 177 Å². The van der Waals surface area contributed by atoms with Crippen LogP contribution in [0.3, 0.4) is 0 Å². The summed E-state index contributed by atoms with van der Waals surface area (Å²) in [4.78, 5) is 26.7. The Hall–Kier alpha value is -2.66. The number of ketones is 1. The summed E-state index contributed by atoms with van der Waals surface area (Å²) in [7, 11) is 0. The lowest BCUT2D eigenvalue weighted by atomic mass is 9.61. The Morgan fingerprint density at radius 1 is 1.13 bits per heavy atom. The van der Waals surface area contributed by atoms with Crippen molar-refractivity contribution >= 4 is 11.8 Å². The molecule has 1 fully saturated rings. The van der Waals surface area contributed by atoms with Gasteiger partial charge in [0.05, 0.1) is 11.5 Å². The number of rotatable bonds is 0. The quantitative estimate of drug-likeness (QED) is 0.374. The molecule has 3 heterocycles. The molecule has 5 aliphatic rings. The van der Waals surface area contributed by atoms with Crippen molar-refractivity contribution in [1.29, 1.82) is 0 Å². The van der Waals surface area contributed by atoms with Gasteiger partial charge in [-0.15, -0.1) is 0 Å². The van der Waals surface area contributed by atoms with E-state index in [1.54, 1.807) is 18.2 Å². The predicted octanol–water partition coefficient (Wildman–Crippen LogP) is 3.88. The van der Waals surface area contributed by atoms with Crippen LogP contribution < -0.4 is 0 Å². The molecule has 0 saturated carbocycles. The molecule has 0 amide bonds. The molecule has 4 bridgehead atoms. The monoisotopic (exact) mass is 408 g/mol. The molecule has 0 aromatic heterocycles. The van der Waals surface area contributed by atoms with Crippen molar-refractivity contribution < 1.29 is 24.2 Å². The molecule has 3 aliphatic heterocycles. The van der Waals surface area contributed by atoms with Gasteiger partial charge in [-0.1, -0.05) is 48.5 Å². The van der Waals surface area contributed by atoms with Crippen molar-refractivity contribution in [1.82, 2.24) is 0 Å². The molecular weight excluding hydrogens is 380 g/mol. The van der Waals surface area contributed by atoms with Crippen LogP contribution in [0.4, 0.5) is 0 Å². The van der Waals surface area contributed by atoms with Crippen LogP contribution in [0.1, 0.15) is 40.5 Å². The van der Waals surface area contributed by atoms with E-state index in [2.05, 4.69) is 13.0 Å². The molecular formula is C25H28O5. The lowest BCUT2D eigenvalue weighted by Crippen LogP contribution is -2.53. The number of carbonyl (C=O) groups excluding carboxylic acids is 2. The number of ether oxygens (including phenoxy) is 2. The highest BCUT2D eigenvalue weighted by Crippen LogP contribution is 2.53. The molecule has 1 N–H and O–H groups in total. The Balaban J connectivity index is 1.95. The summed E-state index contributed by atoms with van der Waals surface area (Å²) in [5.74, 6) is -0.603. The first kappa shape index (κ1) is 20.6. The van der Waals surface area contributed by atoms with Crippen LogP contribution in [0.15, 0.2) is 70.6 Å². The van der Waals surface area contributed by atoms with E-state index in [0.29, 0.717) is 12.8 Å². The molecule has 4 atom stereocenters. The van der Waals surface area contributed by atoms with Gasteiger partial charge >= 0.3 is 5.97 Å². The van der Waals surface area contributed by atoms with Gasteiger partial charge in [0.25, 0.3) is 0 Å². The SMILES string of the molecule is CC1=C[C@@]2(C)/C=C(C)/C=C\C[C@@H](O)/C=C3C=C/C(=C4\C(=O)O[C@]2(C[C@@H]1C)C4=O)OC/3. The molecule has 0 unspecified atom stereocenters. The van der Waals surface area contributed by atoms with Crippen molar-refractivity contribution in [3.05, 3.63) is 70.6 Å². The summed E-state index contributed by atoms with van der Waals surface area (Å²) in [6, 6.07) is 0. The van der Waals surface area contributed by atoms with Gasteiger partial charge in [0, 0.05) is 6.42 Å². The zero-order valence-electron chi connectivity index (χ0n) is 17.9. The number of aliphatic hydroxyl groups excluding tert-OH is 1. The van der Waals surface area contributed by atoms with Crippen LogP contribution >= 0.6 is 0 Å². The maximum Gasteiger partial charge on any atom is 0.346 e. The van der Waals surface area contributed by atoms with E-state index in [9.17, 15) is 14.7 Å². The number of hydrogen-bond acceptors (Lipinski definition) is 5. The Morgan fingerprint density at radius 3 is 2.60 bits per heavy atom. The summed E-state index contributed by atoms with van der Waals surface area (Å²) in [5.41, 5.74) is 0.782. The lowest BCUT2D eigenvalue weighted by Gasteiger charge is -2.45. The lowest BCUT2D eigenvalue weighted by molar-refractivity contribution is -0.162. The number of allylic oxidation sites excluding steroid dienone is 4. The molecule has 1 saturated heterocycles. The highest BCUT2D eigenvalue weighted by atomic mass is 16.6. The molecule has 0 aromatic rings. The second-order valence-electron chi connectivity index (χ2n) is 9.02. The van der Waals surface area contributed by atoms with E-state index in [0.717, 1.165) is 16.7 Å². The van der Waals surface area contributed by atoms with Crippen molar-refractivity contribution in [2.45, 2.75) is 52.2 Å². The Kier molecular flexibility index (Phi) is 4.97. The average Bonchev–Trinajstić information content (AvgIpc) is 2.91. The molecule has 5 heteroatoms. The van der Waals surface area contributed by atoms with Crippen molar-refractivity contribution in [3.8, 4) is 0 Å². The minimum absolute atomic E-state index is 0.0197. The number of aliphatic hydroxyl groups is 1. The maximum atomic E-state index is 13.8. The first-order chi connectivity index (χ1) is 14.1. The second kappa shape index (κ2) is 7.24. The minimum Gasteiger partial charge on any atom is -0.488 e. The number of carbonyl (C=O) groups is 2. The number of hydrogen-bond donors (Lipinski definition) is 1. The largest absolute Gasteiger partial charge is 0.488 e. The molecule has 1 spiro atoms. The number of Topliss-reactive ketones (excluding diaryl/α,β-unsaturated/α-hetero) is 1. The van der Waals surface area contributed by atoms with Crippen LogP contribution in [0, 0.1) is 11.3 Å². The van der Waals surface area contributed by atoms with Crippen molar-refractivity contribution in [2.24, 2.45) is 11.3 Å². The van der Waals surface area contributed by atoms with E-state index in [4.69, 9.17) is 9.47 Å². The smallest absolute Gasteiger partial charge is 0.346 e. The second-order valence-corrected chi connectivity index (χ2v) is 9.02. The van der Waals surface area contributed by atoms with E-state index >= 15 is 0 Å². The number of fused-ring (bicyclic) bond motifs is 5. The molecule has 0 radical (unpaired) electrons. The van der Waals surface area contributed by atoms with Gasteiger partial charge in [-0.2, -0.15) is 0 Å².